The SMILES string of the molecule is CCO[Si](CCC(=O)CC1CCC(NC(=O)C(C)(C)C)CC1)(OCC)OCC. The zero-order chi connectivity index (χ0) is 21.2. The summed E-state index contributed by atoms with van der Waals surface area (Å²) < 4.78 is 17.5. The first-order valence-corrected chi connectivity index (χ1v) is 12.8. The lowest BCUT2D eigenvalue weighted by molar-refractivity contribution is -0.129. The molecule has 0 spiro atoms. The van der Waals surface area contributed by atoms with Crippen molar-refractivity contribution >= 4 is 20.5 Å². The third kappa shape index (κ3) is 8.72. The largest absolute Gasteiger partial charge is 0.501 e. The van der Waals surface area contributed by atoms with Gasteiger partial charge in [-0.25, -0.2) is 0 Å². The lowest BCUT2D eigenvalue weighted by Crippen LogP contribution is -2.46. The van der Waals surface area contributed by atoms with Gasteiger partial charge >= 0.3 is 8.80 Å². The molecule has 28 heavy (non-hydrogen) atoms. The van der Waals surface area contributed by atoms with Crippen LogP contribution < -0.4 is 5.32 Å². The second-order valence-electron chi connectivity index (χ2n) is 8.67. The number of amides is 1. The molecule has 6 nitrogen and oxygen atoms in total. The van der Waals surface area contributed by atoms with Crippen LogP contribution in [0.15, 0.2) is 0 Å². The van der Waals surface area contributed by atoms with E-state index in [1.54, 1.807) is 0 Å². The van der Waals surface area contributed by atoms with Gasteiger partial charge in [0.25, 0.3) is 0 Å². The van der Waals surface area contributed by atoms with Gasteiger partial charge in [0.15, 0.2) is 0 Å². The fourth-order valence-electron chi connectivity index (χ4n) is 3.63. The first-order chi connectivity index (χ1) is 13.2. The first kappa shape index (κ1) is 25.3. The fraction of sp³-hybridized carbons (Fsp3) is 0.905. The molecule has 1 N–H and O–H groups in total. The summed E-state index contributed by atoms with van der Waals surface area (Å²) in [7, 11) is -2.74. The number of Topliss-reactive ketones (excluding diaryl/α,β-unsaturated/α-hetero) is 1. The maximum Gasteiger partial charge on any atom is 0.501 e. The van der Waals surface area contributed by atoms with Crippen LogP contribution in [0.3, 0.4) is 0 Å². The van der Waals surface area contributed by atoms with Crippen LogP contribution in [0, 0.1) is 11.3 Å². The van der Waals surface area contributed by atoms with Crippen LogP contribution in [0.1, 0.15) is 80.1 Å². The van der Waals surface area contributed by atoms with E-state index in [1.165, 1.54) is 0 Å². The van der Waals surface area contributed by atoms with E-state index < -0.39 is 8.80 Å². The van der Waals surface area contributed by atoms with Crippen molar-refractivity contribution in [3.8, 4) is 0 Å². The van der Waals surface area contributed by atoms with Crippen molar-refractivity contribution in [3.05, 3.63) is 0 Å². The number of carbonyl (C=O) groups is 2. The van der Waals surface area contributed by atoms with E-state index >= 15 is 0 Å². The van der Waals surface area contributed by atoms with Gasteiger partial charge in [0.1, 0.15) is 5.78 Å². The maximum absolute atomic E-state index is 12.5. The fourth-order valence-corrected chi connectivity index (χ4v) is 6.22. The normalized spacial score (nSPS) is 20.8. The van der Waals surface area contributed by atoms with Gasteiger partial charge in [-0.05, 0) is 52.4 Å². The second kappa shape index (κ2) is 12.1. The van der Waals surface area contributed by atoms with Crippen molar-refractivity contribution in [2.24, 2.45) is 11.3 Å². The average Bonchev–Trinajstić information content (AvgIpc) is 2.61. The van der Waals surface area contributed by atoms with Gasteiger partial charge in [0.05, 0.1) is 0 Å². The van der Waals surface area contributed by atoms with Gasteiger partial charge in [0.2, 0.25) is 5.91 Å². The molecule has 0 saturated heterocycles. The molecule has 1 fully saturated rings. The predicted octanol–water partition coefficient (Wildman–Crippen LogP) is 4.11. The standard InChI is InChI=1S/C21H41NO5Si/c1-7-25-28(26-8-2,27-9-3)15-14-19(23)16-17-10-12-18(13-11-17)22-20(24)21(4,5)6/h17-18H,7-16H2,1-6H3,(H,22,24). The summed E-state index contributed by atoms with van der Waals surface area (Å²) in [5.41, 5.74) is -0.356. The summed E-state index contributed by atoms with van der Waals surface area (Å²) in [6.07, 6.45) is 4.95. The van der Waals surface area contributed by atoms with E-state index in [-0.39, 0.29) is 23.1 Å². The summed E-state index contributed by atoms with van der Waals surface area (Å²) >= 11 is 0. The highest BCUT2D eigenvalue weighted by Crippen LogP contribution is 2.29. The van der Waals surface area contributed by atoms with Gasteiger partial charge in [-0.3, -0.25) is 9.59 Å². The zero-order valence-corrected chi connectivity index (χ0v) is 19.8. The molecular weight excluding hydrogens is 374 g/mol. The quantitative estimate of drug-likeness (QED) is 0.486. The number of hydrogen-bond donors (Lipinski definition) is 1. The van der Waals surface area contributed by atoms with E-state index in [9.17, 15) is 9.59 Å². The molecule has 1 aliphatic carbocycles. The Morgan fingerprint density at radius 2 is 1.43 bits per heavy atom. The smallest absolute Gasteiger partial charge is 0.374 e. The Kier molecular flexibility index (Phi) is 10.9. The molecule has 0 aromatic rings. The van der Waals surface area contributed by atoms with Crippen molar-refractivity contribution in [2.75, 3.05) is 19.8 Å². The molecule has 1 amide bonds. The van der Waals surface area contributed by atoms with Crippen molar-refractivity contribution < 1.29 is 22.9 Å². The molecule has 0 atom stereocenters. The summed E-state index contributed by atoms with van der Waals surface area (Å²) in [6.45, 7) is 13.2. The van der Waals surface area contributed by atoms with E-state index in [0.29, 0.717) is 44.6 Å². The molecule has 0 aliphatic heterocycles. The summed E-state index contributed by atoms with van der Waals surface area (Å²) in [6, 6.07) is 0.796. The van der Waals surface area contributed by atoms with Crippen molar-refractivity contribution in [1.29, 1.82) is 0 Å². The lowest BCUT2D eigenvalue weighted by Gasteiger charge is -2.31. The third-order valence-corrected chi connectivity index (χ3v) is 8.23. The van der Waals surface area contributed by atoms with E-state index in [1.807, 2.05) is 41.5 Å². The van der Waals surface area contributed by atoms with Crippen LogP contribution in [-0.4, -0.2) is 46.4 Å². The number of ketones is 1. The number of carbonyl (C=O) groups excluding carboxylic acids is 2. The van der Waals surface area contributed by atoms with Crippen LogP contribution in [0.4, 0.5) is 0 Å². The third-order valence-electron chi connectivity index (χ3n) is 5.18. The summed E-state index contributed by atoms with van der Waals surface area (Å²) in [5.74, 6) is 0.784. The van der Waals surface area contributed by atoms with Gasteiger partial charge in [0, 0.05) is 50.2 Å². The minimum Gasteiger partial charge on any atom is -0.374 e. The second-order valence-corrected chi connectivity index (χ2v) is 11.4. The molecule has 0 radical (unpaired) electrons. The Hall–Kier alpha value is -0.763. The van der Waals surface area contributed by atoms with E-state index in [0.717, 1.165) is 25.7 Å². The molecule has 1 aliphatic rings. The Bertz CT molecular complexity index is 467. The van der Waals surface area contributed by atoms with Crippen LogP contribution in [0.5, 0.6) is 0 Å². The topological polar surface area (TPSA) is 73.9 Å². The minimum absolute atomic E-state index is 0.107. The monoisotopic (exact) mass is 415 g/mol. The molecule has 0 aromatic heterocycles. The summed E-state index contributed by atoms with van der Waals surface area (Å²) in [4.78, 5) is 24.7. The molecule has 0 bridgehead atoms. The van der Waals surface area contributed by atoms with Gasteiger partial charge in [-0.1, -0.05) is 20.8 Å². The maximum atomic E-state index is 12.5. The van der Waals surface area contributed by atoms with Gasteiger partial charge in [-0.15, -0.1) is 0 Å². The van der Waals surface area contributed by atoms with E-state index in [2.05, 4.69) is 5.32 Å². The first-order valence-electron chi connectivity index (χ1n) is 10.9. The van der Waals surface area contributed by atoms with Crippen LogP contribution in [-0.2, 0) is 22.9 Å². The molecule has 164 valence electrons. The molecule has 1 rings (SSSR count). The predicted molar refractivity (Wildman–Crippen MR) is 113 cm³/mol. The van der Waals surface area contributed by atoms with Crippen LogP contribution in [0.2, 0.25) is 6.04 Å². The van der Waals surface area contributed by atoms with Gasteiger partial charge in [-0.2, -0.15) is 0 Å². The molecule has 0 unspecified atom stereocenters. The Morgan fingerprint density at radius 1 is 0.929 bits per heavy atom. The zero-order valence-electron chi connectivity index (χ0n) is 18.8. The highest BCUT2D eigenvalue weighted by atomic mass is 28.4. The molecule has 0 aromatic carbocycles. The van der Waals surface area contributed by atoms with Gasteiger partial charge < -0.3 is 18.6 Å². The molecule has 0 heterocycles. The van der Waals surface area contributed by atoms with Crippen molar-refractivity contribution in [3.63, 3.8) is 0 Å². The van der Waals surface area contributed by atoms with Crippen molar-refractivity contribution in [1.82, 2.24) is 5.32 Å². The minimum atomic E-state index is -2.74. The molecule has 1 saturated carbocycles. The molecule has 7 heteroatoms. The lowest BCUT2D eigenvalue weighted by atomic mass is 9.82. The summed E-state index contributed by atoms with van der Waals surface area (Å²) in [5, 5.41) is 3.15. The Labute approximate surface area is 172 Å². The molecular formula is C21H41NO5Si. The van der Waals surface area contributed by atoms with Crippen LogP contribution in [0.25, 0.3) is 0 Å². The van der Waals surface area contributed by atoms with Crippen LogP contribution >= 0.6 is 0 Å². The number of hydrogen-bond acceptors (Lipinski definition) is 5. The Balaban J connectivity index is 2.42. The average molecular weight is 416 g/mol. The number of nitrogens with one attached hydrogen (secondary N) is 1. The van der Waals surface area contributed by atoms with Crippen molar-refractivity contribution in [2.45, 2.75) is 92.2 Å². The highest BCUT2D eigenvalue weighted by Gasteiger charge is 2.40. The van der Waals surface area contributed by atoms with E-state index in [4.69, 9.17) is 13.3 Å². The Morgan fingerprint density at radius 3 is 1.86 bits per heavy atom. The highest BCUT2D eigenvalue weighted by molar-refractivity contribution is 6.61. The number of rotatable bonds is 12.